The summed E-state index contributed by atoms with van der Waals surface area (Å²) in [6, 6.07) is 16.1. The fraction of sp³-hybridized carbons (Fsp3) is 0. The molecular formula is C17H15N. The van der Waals surface area contributed by atoms with E-state index in [0.29, 0.717) is 0 Å². The maximum Gasteiger partial charge on any atom is 0.0630 e. The van der Waals surface area contributed by atoms with Crippen LogP contribution < -0.4 is 0 Å². The highest BCUT2D eigenvalue weighted by molar-refractivity contribution is 5.82. The van der Waals surface area contributed by atoms with Gasteiger partial charge in [0.15, 0.2) is 0 Å². The van der Waals surface area contributed by atoms with Crippen LogP contribution in [0.25, 0.3) is 12.2 Å². The van der Waals surface area contributed by atoms with Crippen LogP contribution in [0.4, 0.5) is 5.69 Å². The van der Waals surface area contributed by atoms with Crippen LogP contribution in [-0.4, -0.2) is 6.21 Å². The lowest BCUT2D eigenvalue weighted by Crippen LogP contribution is -1.80. The van der Waals surface area contributed by atoms with Gasteiger partial charge in [0.05, 0.1) is 5.69 Å². The monoisotopic (exact) mass is 233 g/mol. The minimum absolute atomic E-state index is 0.938. The minimum atomic E-state index is 0.938. The van der Waals surface area contributed by atoms with Crippen LogP contribution in [-0.2, 0) is 0 Å². The van der Waals surface area contributed by atoms with Crippen LogP contribution in [0.15, 0.2) is 66.7 Å². The Kier molecular flexibility index (Phi) is 3.87. The van der Waals surface area contributed by atoms with E-state index < -0.39 is 0 Å². The highest BCUT2D eigenvalue weighted by atomic mass is 14.7. The molecule has 2 rings (SSSR count). The van der Waals surface area contributed by atoms with Gasteiger partial charge in [-0.3, -0.25) is 4.99 Å². The van der Waals surface area contributed by atoms with Crippen molar-refractivity contribution in [1.82, 2.24) is 0 Å². The second-order valence-corrected chi connectivity index (χ2v) is 3.92. The molecule has 0 aliphatic heterocycles. The highest BCUT2D eigenvalue weighted by Gasteiger charge is 1.90. The summed E-state index contributed by atoms with van der Waals surface area (Å²) in [6.07, 6.45) is 5.51. The first-order chi connectivity index (χ1) is 8.81. The summed E-state index contributed by atoms with van der Waals surface area (Å²) in [4.78, 5) is 4.42. The Morgan fingerprint density at radius 3 is 1.61 bits per heavy atom. The topological polar surface area (TPSA) is 12.4 Å². The number of hydrogen-bond acceptors (Lipinski definition) is 1. The smallest absolute Gasteiger partial charge is 0.0630 e. The predicted molar refractivity (Wildman–Crippen MR) is 80.3 cm³/mol. The molecule has 1 nitrogen and oxygen atoms in total. The molecule has 0 N–H and O–H groups in total. The van der Waals surface area contributed by atoms with Gasteiger partial charge in [-0.1, -0.05) is 61.7 Å². The molecule has 0 spiro atoms. The molecule has 0 unspecified atom stereocenters. The van der Waals surface area contributed by atoms with Gasteiger partial charge in [-0.05, 0) is 28.8 Å². The molecule has 18 heavy (non-hydrogen) atoms. The first kappa shape index (κ1) is 12.1. The molecule has 0 aromatic heterocycles. The van der Waals surface area contributed by atoms with E-state index in [4.69, 9.17) is 0 Å². The summed E-state index contributed by atoms with van der Waals surface area (Å²) in [5.41, 5.74) is 4.23. The zero-order chi connectivity index (χ0) is 12.8. The Labute approximate surface area is 108 Å². The lowest BCUT2D eigenvalue weighted by molar-refractivity contribution is 1.51. The van der Waals surface area contributed by atoms with Crippen molar-refractivity contribution in [2.75, 3.05) is 0 Å². The van der Waals surface area contributed by atoms with Crippen molar-refractivity contribution < 1.29 is 0 Å². The highest BCUT2D eigenvalue weighted by Crippen LogP contribution is 2.14. The molecule has 0 aliphatic rings. The van der Waals surface area contributed by atoms with Crippen LogP contribution in [0.3, 0.4) is 0 Å². The van der Waals surface area contributed by atoms with Crippen LogP contribution in [0, 0.1) is 0 Å². The van der Waals surface area contributed by atoms with Crippen molar-refractivity contribution in [2.24, 2.45) is 4.99 Å². The molecule has 0 aliphatic carbocycles. The van der Waals surface area contributed by atoms with Gasteiger partial charge in [0.1, 0.15) is 0 Å². The quantitative estimate of drug-likeness (QED) is 0.677. The molecule has 2 aromatic rings. The maximum atomic E-state index is 4.42. The average molecular weight is 233 g/mol. The average Bonchev–Trinajstić information content (AvgIpc) is 2.46. The molecule has 0 radical (unpaired) electrons. The third-order valence-corrected chi connectivity index (χ3v) is 2.66. The second-order valence-electron chi connectivity index (χ2n) is 3.92. The minimum Gasteiger partial charge on any atom is -0.256 e. The van der Waals surface area contributed by atoms with Gasteiger partial charge in [-0.2, -0.15) is 0 Å². The molecular weight excluding hydrogens is 218 g/mol. The van der Waals surface area contributed by atoms with E-state index in [1.54, 1.807) is 0 Å². The number of aliphatic imine (C=N–C) groups is 1. The van der Waals surface area contributed by atoms with E-state index in [9.17, 15) is 0 Å². The van der Waals surface area contributed by atoms with E-state index in [-0.39, 0.29) is 0 Å². The van der Waals surface area contributed by atoms with Gasteiger partial charge in [0.25, 0.3) is 0 Å². The Bertz CT molecular complexity index is 506. The molecule has 0 bridgehead atoms. The molecule has 0 atom stereocenters. The van der Waals surface area contributed by atoms with E-state index >= 15 is 0 Å². The van der Waals surface area contributed by atoms with Gasteiger partial charge < -0.3 is 0 Å². The van der Waals surface area contributed by atoms with Gasteiger partial charge >= 0.3 is 0 Å². The lowest BCUT2D eigenvalue weighted by atomic mass is 10.1. The summed E-state index contributed by atoms with van der Waals surface area (Å²) in [6.45, 7) is 7.45. The summed E-state index contributed by atoms with van der Waals surface area (Å²) in [5.74, 6) is 0. The van der Waals surface area contributed by atoms with E-state index in [0.717, 1.165) is 22.4 Å². The van der Waals surface area contributed by atoms with Crippen molar-refractivity contribution in [3.05, 3.63) is 78.4 Å². The number of nitrogens with zero attached hydrogens (tertiary/aromatic N) is 1. The number of rotatable bonds is 4. The SMILES string of the molecule is C=Cc1ccc(C=Nc2ccc(C=C)cc2)cc1. The Balaban J connectivity index is 2.13. The number of hydrogen-bond donors (Lipinski definition) is 0. The second kappa shape index (κ2) is 5.78. The third-order valence-electron chi connectivity index (χ3n) is 2.66. The van der Waals surface area contributed by atoms with Gasteiger partial charge in [0, 0.05) is 6.21 Å². The molecule has 0 saturated heterocycles. The van der Waals surface area contributed by atoms with Crippen molar-refractivity contribution >= 4 is 24.1 Å². The summed E-state index contributed by atoms with van der Waals surface area (Å²) < 4.78 is 0. The Morgan fingerprint density at radius 1 is 0.667 bits per heavy atom. The zero-order valence-corrected chi connectivity index (χ0v) is 10.2. The molecule has 0 amide bonds. The van der Waals surface area contributed by atoms with Crippen LogP contribution in [0.2, 0.25) is 0 Å². The zero-order valence-electron chi connectivity index (χ0n) is 10.2. The first-order valence-corrected chi connectivity index (χ1v) is 5.81. The molecule has 2 aromatic carbocycles. The summed E-state index contributed by atoms with van der Waals surface area (Å²) >= 11 is 0. The molecule has 0 saturated carbocycles. The largest absolute Gasteiger partial charge is 0.256 e. The van der Waals surface area contributed by atoms with Gasteiger partial charge in [-0.15, -0.1) is 0 Å². The van der Waals surface area contributed by atoms with E-state index in [2.05, 4.69) is 18.2 Å². The van der Waals surface area contributed by atoms with Crippen molar-refractivity contribution in [1.29, 1.82) is 0 Å². The van der Waals surface area contributed by atoms with Crippen molar-refractivity contribution in [2.45, 2.75) is 0 Å². The molecule has 0 fully saturated rings. The third kappa shape index (κ3) is 3.05. The standard InChI is InChI=1S/C17H15N/c1-3-14-5-7-16(8-6-14)13-18-17-11-9-15(4-2)10-12-17/h3-13H,1-2H2. The summed E-state index contributed by atoms with van der Waals surface area (Å²) in [5, 5.41) is 0. The lowest BCUT2D eigenvalue weighted by Gasteiger charge is -1.97. The van der Waals surface area contributed by atoms with E-state index in [1.165, 1.54) is 0 Å². The van der Waals surface area contributed by atoms with Gasteiger partial charge in [0.2, 0.25) is 0 Å². The number of benzene rings is 2. The fourth-order valence-electron chi connectivity index (χ4n) is 1.56. The normalized spacial score (nSPS) is 10.4. The van der Waals surface area contributed by atoms with Crippen LogP contribution >= 0.6 is 0 Å². The van der Waals surface area contributed by atoms with Crippen LogP contribution in [0.1, 0.15) is 16.7 Å². The maximum absolute atomic E-state index is 4.42. The Hall–Kier alpha value is -2.41. The molecule has 1 heteroatoms. The Morgan fingerprint density at radius 2 is 1.11 bits per heavy atom. The predicted octanol–water partition coefficient (Wildman–Crippen LogP) is 4.72. The molecule has 88 valence electrons. The molecule has 0 heterocycles. The first-order valence-electron chi connectivity index (χ1n) is 5.81. The van der Waals surface area contributed by atoms with Gasteiger partial charge in [-0.25, -0.2) is 0 Å². The summed E-state index contributed by atoms with van der Waals surface area (Å²) in [7, 11) is 0. The van der Waals surface area contributed by atoms with Crippen molar-refractivity contribution in [3.63, 3.8) is 0 Å². The van der Waals surface area contributed by atoms with E-state index in [1.807, 2.05) is 66.9 Å². The van der Waals surface area contributed by atoms with Crippen molar-refractivity contribution in [3.8, 4) is 0 Å². The van der Waals surface area contributed by atoms with Crippen LogP contribution in [0.5, 0.6) is 0 Å². The fourth-order valence-corrected chi connectivity index (χ4v) is 1.56.